The normalized spacial score (nSPS) is 18.6. The van der Waals surface area contributed by atoms with Crippen molar-refractivity contribution in [3.63, 3.8) is 0 Å². The number of fused-ring (bicyclic) bond motifs is 1. The van der Waals surface area contributed by atoms with Gasteiger partial charge >= 0.3 is 6.09 Å². The summed E-state index contributed by atoms with van der Waals surface area (Å²) in [6, 6.07) is 8.20. The number of aromatic nitrogens is 1. The summed E-state index contributed by atoms with van der Waals surface area (Å²) in [7, 11) is 0. The van der Waals surface area contributed by atoms with Gasteiger partial charge in [0.25, 0.3) is 0 Å². The molecule has 1 atom stereocenters. The van der Waals surface area contributed by atoms with Crippen molar-refractivity contribution in [2.75, 3.05) is 11.5 Å². The number of anilines is 1. The van der Waals surface area contributed by atoms with Crippen molar-refractivity contribution in [1.29, 1.82) is 0 Å². The first-order chi connectivity index (χ1) is 9.97. The lowest BCUT2D eigenvalue weighted by Gasteiger charge is -2.24. The molecule has 1 aromatic carbocycles. The number of pyridine rings is 1. The van der Waals surface area contributed by atoms with Crippen LogP contribution < -0.4 is 4.90 Å². The number of amides is 1. The van der Waals surface area contributed by atoms with Crippen LogP contribution >= 0.6 is 0 Å². The summed E-state index contributed by atoms with van der Waals surface area (Å²) < 4.78 is 5.21. The second-order valence-electron chi connectivity index (χ2n) is 6.08. The molecule has 0 aliphatic carbocycles. The number of benzene rings is 1. The molecular formula is C17H20N2O2. The number of carbonyl (C=O) groups excluding carboxylic acids is 1. The van der Waals surface area contributed by atoms with Gasteiger partial charge in [-0.1, -0.05) is 25.5 Å². The van der Waals surface area contributed by atoms with Crippen LogP contribution in [0.3, 0.4) is 0 Å². The van der Waals surface area contributed by atoms with E-state index in [9.17, 15) is 4.79 Å². The lowest BCUT2D eigenvalue weighted by molar-refractivity contribution is 0.177. The molecule has 1 aliphatic rings. The molecule has 1 fully saturated rings. The summed E-state index contributed by atoms with van der Waals surface area (Å²) in [5.41, 5.74) is 3.25. The second-order valence-corrected chi connectivity index (χ2v) is 6.08. The molecule has 1 aliphatic heterocycles. The average Bonchev–Trinajstić information content (AvgIpc) is 2.81. The molecule has 0 saturated carbocycles. The molecule has 0 bridgehead atoms. The summed E-state index contributed by atoms with van der Waals surface area (Å²) in [6.07, 6.45) is -0.299. The lowest BCUT2D eigenvalue weighted by atomic mass is 10.0. The zero-order valence-corrected chi connectivity index (χ0v) is 12.9. The van der Waals surface area contributed by atoms with Gasteiger partial charge in [-0.15, -0.1) is 0 Å². The maximum Gasteiger partial charge on any atom is 0.415 e. The van der Waals surface area contributed by atoms with Gasteiger partial charge in [0.15, 0.2) is 0 Å². The van der Waals surface area contributed by atoms with E-state index in [2.05, 4.69) is 38.7 Å². The number of rotatable bonds is 2. The highest BCUT2D eigenvalue weighted by atomic mass is 16.6. The van der Waals surface area contributed by atoms with Crippen molar-refractivity contribution in [3.05, 3.63) is 35.4 Å². The Balaban J connectivity index is 2.12. The highest BCUT2D eigenvalue weighted by Crippen LogP contribution is 2.29. The van der Waals surface area contributed by atoms with Crippen molar-refractivity contribution >= 4 is 22.8 Å². The van der Waals surface area contributed by atoms with Crippen LogP contribution in [0.5, 0.6) is 0 Å². The van der Waals surface area contributed by atoms with E-state index in [4.69, 9.17) is 4.74 Å². The Morgan fingerprint density at radius 2 is 2.05 bits per heavy atom. The Kier molecular flexibility index (Phi) is 3.32. The first-order valence-electron chi connectivity index (χ1n) is 7.31. The van der Waals surface area contributed by atoms with E-state index in [0.717, 1.165) is 16.5 Å². The van der Waals surface area contributed by atoms with Crippen LogP contribution in [0.4, 0.5) is 10.6 Å². The van der Waals surface area contributed by atoms with Crippen LogP contribution in [0.1, 0.15) is 25.0 Å². The zero-order valence-electron chi connectivity index (χ0n) is 12.9. The minimum Gasteiger partial charge on any atom is -0.447 e. The summed E-state index contributed by atoms with van der Waals surface area (Å²) >= 11 is 0. The van der Waals surface area contributed by atoms with Gasteiger partial charge in [-0.3, -0.25) is 4.90 Å². The van der Waals surface area contributed by atoms with E-state index >= 15 is 0 Å². The fourth-order valence-electron chi connectivity index (χ4n) is 2.80. The fraction of sp³-hybridized carbons (Fsp3) is 0.412. The number of carbonyl (C=O) groups is 1. The van der Waals surface area contributed by atoms with Gasteiger partial charge < -0.3 is 4.74 Å². The molecule has 4 heteroatoms. The van der Waals surface area contributed by atoms with Crippen LogP contribution in [0.2, 0.25) is 0 Å². The Morgan fingerprint density at radius 3 is 2.76 bits per heavy atom. The third kappa shape index (κ3) is 2.35. The van der Waals surface area contributed by atoms with Crippen LogP contribution in [0.25, 0.3) is 10.9 Å². The third-order valence-electron chi connectivity index (χ3n) is 4.08. The summed E-state index contributed by atoms with van der Waals surface area (Å²) in [5, 5.41) is 1.13. The number of ether oxygens (including phenoxy) is 1. The minimum absolute atomic E-state index is 0.0484. The first-order valence-corrected chi connectivity index (χ1v) is 7.31. The topological polar surface area (TPSA) is 42.4 Å². The third-order valence-corrected chi connectivity index (χ3v) is 4.08. The van der Waals surface area contributed by atoms with Gasteiger partial charge in [-0.05, 0) is 43.5 Å². The quantitative estimate of drug-likeness (QED) is 0.841. The fourth-order valence-corrected chi connectivity index (χ4v) is 2.80. The van der Waals surface area contributed by atoms with E-state index in [1.54, 1.807) is 4.90 Å². The van der Waals surface area contributed by atoms with Crippen LogP contribution in [-0.2, 0) is 4.74 Å². The molecule has 2 aromatic rings. The van der Waals surface area contributed by atoms with E-state index in [1.165, 1.54) is 5.56 Å². The maximum atomic E-state index is 12.1. The molecule has 0 unspecified atom stereocenters. The van der Waals surface area contributed by atoms with Crippen molar-refractivity contribution < 1.29 is 9.53 Å². The Morgan fingerprint density at radius 1 is 1.29 bits per heavy atom. The molecule has 4 nitrogen and oxygen atoms in total. The molecule has 1 saturated heterocycles. The van der Waals surface area contributed by atoms with Gasteiger partial charge in [0.1, 0.15) is 12.4 Å². The molecule has 3 rings (SSSR count). The molecule has 1 amide bonds. The summed E-state index contributed by atoms with van der Waals surface area (Å²) in [4.78, 5) is 18.4. The zero-order chi connectivity index (χ0) is 15.1. The van der Waals surface area contributed by atoms with E-state index in [-0.39, 0.29) is 12.1 Å². The Labute approximate surface area is 124 Å². The standard InChI is InChI=1S/C17H20N2O2/c1-10(2)15-9-21-17(20)19(15)16-8-12(4)13-7-11(3)5-6-14(13)18-16/h5-8,10,15H,9H2,1-4H3/t15-/m1/s1. The Bertz CT molecular complexity index is 709. The molecule has 21 heavy (non-hydrogen) atoms. The van der Waals surface area contributed by atoms with Crippen LogP contribution in [0.15, 0.2) is 24.3 Å². The smallest absolute Gasteiger partial charge is 0.415 e. The molecule has 110 valence electrons. The van der Waals surface area contributed by atoms with Gasteiger partial charge in [-0.2, -0.15) is 0 Å². The second kappa shape index (κ2) is 5.02. The number of nitrogens with zero attached hydrogens (tertiary/aromatic N) is 2. The van der Waals surface area contributed by atoms with Crippen molar-refractivity contribution in [3.8, 4) is 0 Å². The van der Waals surface area contributed by atoms with E-state index in [0.29, 0.717) is 18.3 Å². The van der Waals surface area contributed by atoms with E-state index < -0.39 is 0 Å². The molecule has 0 spiro atoms. The number of hydrogen-bond donors (Lipinski definition) is 0. The highest BCUT2D eigenvalue weighted by Gasteiger charge is 2.37. The molecule has 0 N–H and O–H groups in total. The largest absolute Gasteiger partial charge is 0.447 e. The SMILES string of the molecule is Cc1ccc2nc(N3C(=O)OC[C@@H]3C(C)C)cc(C)c2c1. The van der Waals surface area contributed by atoms with Gasteiger partial charge in [0.2, 0.25) is 0 Å². The first kappa shape index (κ1) is 13.9. The predicted octanol–water partition coefficient (Wildman–Crippen LogP) is 3.83. The van der Waals surface area contributed by atoms with Gasteiger partial charge in [-0.25, -0.2) is 9.78 Å². The number of cyclic esters (lactones) is 1. The van der Waals surface area contributed by atoms with Crippen molar-refractivity contribution in [1.82, 2.24) is 4.98 Å². The summed E-state index contributed by atoms with van der Waals surface area (Å²) in [6.45, 7) is 8.75. The van der Waals surface area contributed by atoms with Crippen LogP contribution in [-0.4, -0.2) is 23.7 Å². The predicted molar refractivity (Wildman–Crippen MR) is 83.7 cm³/mol. The Hall–Kier alpha value is -2.10. The van der Waals surface area contributed by atoms with Gasteiger partial charge in [0, 0.05) is 5.39 Å². The molecule has 1 aromatic heterocycles. The van der Waals surface area contributed by atoms with Crippen molar-refractivity contribution in [2.24, 2.45) is 5.92 Å². The monoisotopic (exact) mass is 284 g/mol. The highest BCUT2D eigenvalue weighted by molar-refractivity contribution is 5.92. The minimum atomic E-state index is -0.299. The lowest BCUT2D eigenvalue weighted by Crippen LogP contribution is -2.37. The van der Waals surface area contributed by atoms with Gasteiger partial charge in [0.05, 0.1) is 11.6 Å². The molecule has 2 heterocycles. The summed E-state index contributed by atoms with van der Waals surface area (Å²) in [5.74, 6) is 1.01. The van der Waals surface area contributed by atoms with Crippen molar-refractivity contribution in [2.45, 2.75) is 33.7 Å². The maximum absolute atomic E-state index is 12.1. The van der Waals surface area contributed by atoms with Crippen LogP contribution in [0, 0.1) is 19.8 Å². The molecule has 0 radical (unpaired) electrons. The number of hydrogen-bond acceptors (Lipinski definition) is 3. The molecular weight excluding hydrogens is 264 g/mol. The van der Waals surface area contributed by atoms with E-state index in [1.807, 2.05) is 18.2 Å². The number of aryl methyl sites for hydroxylation is 2. The average molecular weight is 284 g/mol.